The molecule has 0 aliphatic rings. The Bertz CT molecular complexity index is 7460. The van der Waals surface area contributed by atoms with Crippen LogP contribution in [0.25, 0.3) is 56.9 Å². The maximum Gasteiger partial charge on any atom is 0.434 e. The molecule has 0 saturated carbocycles. The lowest BCUT2D eigenvalue weighted by atomic mass is 10.0. The van der Waals surface area contributed by atoms with E-state index in [9.17, 15) is 99.2 Å². The Hall–Kier alpha value is -13.0. The van der Waals surface area contributed by atoms with Gasteiger partial charge in [0.15, 0.2) is 23.0 Å². The highest BCUT2D eigenvalue weighted by atomic mass is 35.5. The van der Waals surface area contributed by atoms with Gasteiger partial charge in [-0.2, -0.15) is 48.3 Å². The zero-order valence-corrected chi connectivity index (χ0v) is 77.3. The van der Waals surface area contributed by atoms with E-state index in [1.54, 1.807) is 36.4 Å². The number of aryl methyl sites for hydroxylation is 3. The molecular formula is C91H83ClF13N15O11S5. The Morgan fingerprint density at radius 2 is 0.691 bits per heavy atom. The first-order valence-corrected chi connectivity index (χ1v) is 48.0. The minimum atomic E-state index is -4.84. The van der Waals surface area contributed by atoms with E-state index < -0.39 is 110 Å². The van der Waals surface area contributed by atoms with Crippen LogP contribution < -0.4 is 30.4 Å². The van der Waals surface area contributed by atoms with Crippen molar-refractivity contribution in [2.24, 2.45) is 25.7 Å². The second-order valence-corrected chi connectivity index (χ2v) is 38.7. The van der Waals surface area contributed by atoms with E-state index >= 15 is 0 Å². The van der Waals surface area contributed by atoms with Crippen molar-refractivity contribution in [3.63, 3.8) is 0 Å². The quantitative estimate of drug-likeness (QED) is 0.0394. The van der Waals surface area contributed by atoms with E-state index in [4.69, 9.17) is 37.3 Å². The molecule has 10 N–H and O–H groups in total. The molecule has 5 aromatic heterocycles. The lowest BCUT2D eigenvalue weighted by molar-refractivity contribution is -0.141. The fourth-order valence-electron chi connectivity index (χ4n) is 13.8. The number of ether oxygens (including phenoxy) is 1. The summed E-state index contributed by atoms with van der Waals surface area (Å²) in [5.41, 5.74) is 7.86. The molecule has 26 nitrogen and oxygen atoms in total. The SMILES string of the molecule is CC(c1ccccc1C(F)(F)F)n1cc(C(F)(F)F)nc1-c1ccc(S(N)(=O)=O)cc1.Cc1nc(-c2ccc(S(N)(=O)=O)cc2)n(Cc2ccc(F)c(F)c2)c1C.Cc1nc(-c2ccc(S(N)(=O)=O)cc2)n(Cc2cccc(Cl)c2)c1C.Cc1nc(-c2ccc(S(N)(=O)=O)cc2)n(Cc2ccccc2)c1C.NS(=O)(=O)c1ccc(-c2nc(C(F)(F)F)cn2Cc2cccc(OC(F)F)c2)cc1. The third-order valence-corrected chi connectivity index (χ3v) is 25.9. The lowest BCUT2D eigenvalue weighted by Crippen LogP contribution is -2.15. The van der Waals surface area contributed by atoms with E-state index in [2.05, 4.69) is 50.9 Å². The minimum absolute atomic E-state index is 0.00778. The van der Waals surface area contributed by atoms with Gasteiger partial charge >= 0.3 is 25.1 Å². The van der Waals surface area contributed by atoms with Crippen LogP contribution in [-0.4, -0.2) is 96.5 Å². The van der Waals surface area contributed by atoms with Crippen molar-refractivity contribution in [3.05, 3.63) is 351 Å². The summed E-state index contributed by atoms with van der Waals surface area (Å²) in [5.74, 6) is -0.127. The van der Waals surface area contributed by atoms with Crippen molar-refractivity contribution in [1.82, 2.24) is 47.8 Å². The number of aromatic nitrogens is 10. The first-order chi connectivity index (χ1) is 63.4. The highest BCUT2D eigenvalue weighted by molar-refractivity contribution is 7.90. The van der Waals surface area contributed by atoms with Crippen molar-refractivity contribution < 1.29 is 104 Å². The van der Waals surface area contributed by atoms with Crippen molar-refractivity contribution in [3.8, 4) is 62.7 Å². The van der Waals surface area contributed by atoms with Crippen LogP contribution in [0.1, 0.15) is 91.9 Å². The number of sulfonamides is 5. The van der Waals surface area contributed by atoms with Gasteiger partial charge in [-0.1, -0.05) is 90.5 Å². The second-order valence-electron chi connectivity index (χ2n) is 30.5. The van der Waals surface area contributed by atoms with E-state index in [0.717, 1.165) is 116 Å². The molecule has 10 aromatic carbocycles. The molecule has 0 amide bonds. The summed E-state index contributed by atoms with van der Waals surface area (Å²) in [6, 6.07) is 58.8. The molecular weight excluding hydrogens is 1920 g/mol. The van der Waals surface area contributed by atoms with Crippen LogP contribution in [0.3, 0.4) is 0 Å². The maximum atomic E-state index is 13.5. The number of nitrogens with two attached hydrogens (primary N) is 5. The smallest absolute Gasteiger partial charge is 0.434 e. The maximum absolute atomic E-state index is 13.5. The van der Waals surface area contributed by atoms with E-state index in [-0.39, 0.29) is 65.1 Å². The standard InChI is InChI=1S/C19H15F6N3O2S.C18H18ClN3O2S.C18H14F5N3O3S.C18H17F2N3O2S.C18H19N3O2S/c1-11(14-4-2-3-5-15(14)18(20,21)22)28-10-16(19(23,24)25)27-17(28)12-6-8-13(9-7-12)31(26,29)30;1-12-13(2)22(11-14-4-3-5-16(19)10-14)18(21-12)15-6-8-17(9-7-15)25(20,23)24;19-17(20)29-13-3-1-2-11(8-13)9-26-10-15(18(21,22)23)25-16(26)12-4-6-14(7-5-12)30(24,27)28;1-11-12(2)23(10-13-3-8-16(19)17(20)9-13)18(22-11)14-4-6-15(7-5-14)26(21,24)25;1-13-14(2)21(12-15-6-4-3-5-7-15)18(20-13)16-8-10-17(11-9-16)24(19,22)23/h2-11H,1H3,(H2,26,29,30);3-10H,11H2,1-2H3,(H2,20,23,24);1-8,10,17H,9H2,(H2,24,27,28);3-9H,10H2,1-2H3,(H2,21,24,25);3-11H,12H2,1-2H3,(H2,19,22,23). The number of nitrogens with zero attached hydrogens (tertiary/aromatic N) is 10. The minimum Gasteiger partial charge on any atom is -0.435 e. The first-order valence-electron chi connectivity index (χ1n) is 39.9. The van der Waals surface area contributed by atoms with Crippen LogP contribution >= 0.6 is 11.6 Å². The Balaban J connectivity index is 0.000000164. The number of benzene rings is 10. The van der Waals surface area contributed by atoms with E-state index in [1.165, 1.54) is 126 Å². The third kappa shape index (κ3) is 26.4. The average Bonchev–Trinajstić information content (AvgIpc) is 1.60. The van der Waals surface area contributed by atoms with Gasteiger partial charge < -0.3 is 27.6 Å². The van der Waals surface area contributed by atoms with Gasteiger partial charge in [0, 0.05) is 88.5 Å². The molecule has 1 unspecified atom stereocenters. The second kappa shape index (κ2) is 41.7. The molecule has 15 aromatic rings. The molecule has 0 bridgehead atoms. The molecule has 136 heavy (non-hydrogen) atoms. The predicted molar refractivity (Wildman–Crippen MR) is 483 cm³/mol. The van der Waals surface area contributed by atoms with E-state index in [1.807, 2.05) is 88.6 Å². The molecule has 716 valence electrons. The molecule has 0 radical (unpaired) electrons. The molecule has 0 aliphatic heterocycles. The monoisotopic (exact) mass is 2000 g/mol. The van der Waals surface area contributed by atoms with Crippen molar-refractivity contribution in [2.75, 3.05) is 0 Å². The summed E-state index contributed by atoms with van der Waals surface area (Å²) in [5, 5.41) is 26.2. The Morgan fingerprint density at radius 3 is 1.07 bits per heavy atom. The zero-order valence-electron chi connectivity index (χ0n) is 72.4. The summed E-state index contributed by atoms with van der Waals surface area (Å²) >= 11 is 6.08. The molecule has 45 heteroatoms. The molecule has 5 heterocycles. The summed E-state index contributed by atoms with van der Waals surface area (Å²) < 4.78 is 298. The predicted octanol–water partition coefficient (Wildman–Crippen LogP) is 18.2. The first kappa shape index (κ1) is 103. The van der Waals surface area contributed by atoms with Crippen LogP contribution in [0, 0.1) is 53.2 Å². The highest BCUT2D eigenvalue weighted by Crippen LogP contribution is 2.41. The summed E-state index contributed by atoms with van der Waals surface area (Å²) in [7, 11) is -19.2. The van der Waals surface area contributed by atoms with Gasteiger partial charge in [0.05, 0.1) is 53.2 Å². The van der Waals surface area contributed by atoms with Crippen LogP contribution in [-0.2, 0) is 94.8 Å². The van der Waals surface area contributed by atoms with Gasteiger partial charge in [-0.15, -0.1) is 0 Å². The highest BCUT2D eigenvalue weighted by Gasteiger charge is 2.39. The fraction of sp³-hybridized carbons (Fsp3) is 0.176. The molecule has 0 spiro atoms. The largest absolute Gasteiger partial charge is 0.435 e. The van der Waals surface area contributed by atoms with Crippen LogP contribution in [0.15, 0.2) is 280 Å². The zero-order chi connectivity index (χ0) is 99.9. The Labute approximate surface area is 777 Å². The number of halogens is 14. The van der Waals surface area contributed by atoms with Gasteiger partial charge in [-0.25, -0.2) is 101 Å². The van der Waals surface area contributed by atoms with Crippen LogP contribution in [0.2, 0.25) is 5.02 Å². The van der Waals surface area contributed by atoms with Gasteiger partial charge in [-0.05, 0) is 240 Å². The molecule has 0 saturated heterocycles. The van der Waals surface area contributed by atoms with Gasteiger partial charge in [0.1, 0.15) is 34.9 Å². The molecule has 15 rings (SSSR count). The summed E-state index contributed by atoms with van der Waals surface area (Å²) in [6.07, 6.45) is -12.9. The van der Waals surface area contributed by atoms with Gasteiger partial charge in [-0.3, -0.25) is 0 Å². The van der Waals surface area contributed by atoms with Crippen molar-refractivity contribution >= 4 is 61.7 Å². The number of primary sulfonamides is 5. The fourth-order valence-corrected chi connectivity index (χ4v) is 16.6. The molecule has 1 atom stereocenters. The number of hydrogen-bond donors (Lipinski definition) is 5. The lowest BCUT2D eigenvalue weighted by Gasteiger charge is -2.21. The number of rotatable bonds is 22. The van der Waals surface area contributed by atoms with E-state index in [0.29, 0.717) is 53.4 Å². The van der Waals surface area contributed by atoms with Crippen molar-refractivity contribution in [2.45, 2.75) is 130 Å². The number of hydrogen-bond acceptors (Lipinski definition) is 16. The summed E-state index contributed by atoms with van der Waals surface area (Å²) in [6.45, 7) is 11.5. The Morgan fingerprint density at radius 1 is 0.353 bits per heavy atom. The topological polar surface area (TPSA) is 399 Å². The average molecular weight is 2010 g/mol. The normalized spacial score (nSPS) is 12.3. The van der Waals surface area contributed by atoms with Crippen LogP contribution in [0.4, 0.5) is 57.1 Å². The Kier molecular flexibility index (Phi) is 31.7. The van der Waals surface area contributed by atoms with Gasteiger partial charge in [0.25, 0.3) is 0 Å². The van der Waals surface area contributed by atoms with Gasteiger partial charge in [0.2, 0.25) is 50.1 Å². The molecule has 0 fully saturated rings. The third-order valence-electron chi connectivity index (χ3n) is 21.0. The summed E-state index contributed by atoms with van der Waals surface area (Å²) in [4.78, 5) is 20.7. The van der Waals surface area contributed by atoms with Crippen molar-refractivity contribution in [1.29, 1.82) is 0 Å². The molecule has 0 aliphatic carbocycles. The number of alkyl halides is 11. The van der Waals surface area contributed by atoms with Crippen LogP contribution in [0.5, 0.6) is 5.75 Å². The number of imidazole rings is 5.